The minimum absolute atomic E-state index is 0.0199. The molecule has 1 aromatic rings. The third kappa shape index (κ3) is 6.98. The van der Waals surface area contributed by atoms with E-state index in [9.17, 15) is 9.90 Å². The summed E-state index contributed by atoms with van der Waals surface area (Å²) in [7, 11) is 0. The van der Waals surface area contributed by atoms with E-state index in [1.807, 2.05) is 6.07 Å². The standard InChI is InChI=1S/C18H26O3/c1-3-5-6-7-8-9-10-11-15-12-13-16(19)17(14-15)21-18(20)4-2/h4,12-14,19H,2-3,5-11H2,1H3. The summed E-state index contributed by atoms with van der Waals surface area (Å²) in [6, 6.07) is 5.17. The van der Waals surface area contributed by atoms with Gasteiger partial charge in [0.05, 0.1) is 0 Å². The average molecular weight is 290 g/mol. The third-order valence-corrected chi connectivity index (χ3v) is 3.47. The Morgan fingerprint density at radius 3 is 2.52 bits per heavy atom. The number of benzene rings is 1. The van der Waals surface area contributed by atoms with Gasteiger partial charge in [-0.1, -0.05) is 58.1 Å². The molecule has 3 nitrogen and oxygen atoms in total. The molecular formula is C18H26O3. The minimum Gasteiger partial charge on any atom is -0.504 e. The lowest BCUT2D eigenvalue weighted by Gasteiger charge is -2.07. The number of phenolic OH excluding ortho intramolecular Hbond substituents is 1. The molecule has 3 heteroatoms. The maximum Gasteiger partial charge on any atom is 0.335 e. The van der Waals surface area contributed by atoms with Crippen LogP contribution in [0.3, 0.4) is 0 Å². The highest BCUT2D eigenvalue weighted by Crippen LogP contribution is 2.27. The fourth-order valence-corrected chi connectivity index (χ4v) is 2.23. The summed E-state index contributed by atoms with van der Waals surface area (Å²) in [5, 5.41) is 9.66. The Labute approximate surface area is 127 Å². The van der Waals surface area contributed by atoms with Gasteiger partial charge >= 0.3 is 5.97 Å². The van der Waals surface area contributed by atoms with Crippen molar-refractivity contribution < 1.29 is 14.6 Å². The number of ether oxygens (including phenoxy) is 1. The molecule has 0 spiro atoms. The van der Waals surface area contributed by atoms with E-state index in [-0.39, 0.29) is 11.5 Å². The maximum absolute atomic E-state index is 11.2. The first-order chi connectivity index (χ1) is 10.2. The fraction of sp³-hybridized carbons (Fsp3) is 0.500. The Bertz CT molecular complexity index is 452. The van der Waals surface area contributed by atoms with Gasteiger partial charge in [-0.05, 0) is 30.5 Å². The molecule has 1 N–H and O–H groups in total. The van der Waals surface area contributed by atoms with E-state index in [2.05, 4.69) is 13.5 Å². The lowest BCUT2D eigenvalue weighted by Crippen LogP contribution is -2.03. The molecular weight excluding hydrogens is 264 g/mol. The predicted octanol–water partition coefficient (Wildman–Crippen LogP) is 4.78. The van der Waals surface area contributed by atoms with Crippen LogP contribution in [-0.4, -0.2) is 11.1 Å². The zero-order chi connectivity index (χ0) is 15.5. The SMILES string of the molecule is C=CC(=O)Oc1cc(CCCCCCCCC)ccc1O. The van der Waals surface area contributed by atoms with Crippen LogP contribution in [-0.2, 0) is 11.2 Å². The van der Waals surface area contributed by atoms with Crippen molar-refractivity contribution in [1.82, 2.24) is 0 Å². The van der Waals surface area contributed by atoms with Crippen LogP contribution in [0.5, 0.6) is 11.5 Å². The van der Waals surface area contributed by atoms with Crippen LogP contribution >= 0.6 is 0 Å². The molecule has 0 atom stereocenters. The molecule has 0 radical (unpaired) electrons. The van der Waals surface area contributed by atoms with Crippen LogP contribution in [0.15, 0.2) is 30.9 Å². The summed E-state index contributed by atoms with van der Waals surface area (Å²) in [5.74, 6) is -0.368. The average Bonchev–Trinajstić information content (AvgIpc) is 2.49. The van der Waals surface area contributed by atoms with E-state index < -0.39 is 5.97 Å². The van der Waals surface area contributed by atoms with Crippen LogP contribution < -0.4 is 4.74 Å². The van der Waals surface area contributed by atoms with Gasteiger partial charge in [-0.2, -0.15) is 0 Å². The molecule has 0 fully saturated rings. The summed E-state index contributed by atoms with van der Waals surface area (Å²) in [6.07, 6.45) is 10.9. The number of hydrogen-bond donors (Lipinski definition) is 1. The Balaban J connectivity index is 2.36. The number of rotatable bonds is 10. The largest absolute Gasteiger partial charge is 0.504 e. The van der Waals surface area contributed by atoms with E-state index in [1.165, 1.54) is 38.5 Å². The molecule has 0 aliphatic heterocycles. The third-order valence-electron chi connectivity index (χ3n) is 3.47. The van der Waals surface area contributed by atoms with Crippen molar-refractivity contribution in [2.24, 2.45) is 0 Å². The molecule has 21 heavy (non-hydrogen) atoms. The molecule has 1 rings (SSSR count). The number of carbonyl (C=O) groups is 1. The second-order valence-corrected chi connectivity index (χ2v) is 5.30. The van der Waals surface area contributed by atoms with Crippen molar-refractivity contribution in [1.29, 1.82) is 0 Å². The topological polar surface area (TPSA) is 46.5 Å². The Hall–Kier alpha value is -1.77. The molecule has 116 valence electrons. The van der Waals surface area contributed by atoms with Gasteiger partial charge in [0.1, 0.15) is 0 Å². The van der Waals surface area contributed by atoms with Crippen LogP contribution in [0.25, 0.3) is 0 Å². The Morgan fingerprint density at radius 2 is 1.86 bits per heavy atom. The molecule has 0 saturated heterocycles. The lowest BCUT2D eigenvalue weighted by molar-refractivity contribution is -0.129. The van der Waals surface area contributed by atoms with Gasteiger partial charge in [0.25, 0.3) is 0 Å². The van der Waals surface area contributed by atoms with Crippen molar-refractivity contribution in [3.63, 3.8) is 0 Å². The molecule has 0 aliphatic carbocycles. The highest BCUT2D eigenvalue weighted by Gasteiger charge is 2.07. The number of carbonyl (C=O) groups excluding carboxylic acids is 1. The van der Waals surface area contributed by atoms with Crippen LogP contribution in [0.4, 0.5) is 0 Å². The van der Waals surface area contributed by atoms with Crippen LogP contribution in [0.1, 0.15) is 57.4 Å². The zero-order valence-corrected chi connectivity index (χ0v) is 12.9. The minimum atomic E-state index is -0.557. The molecule has 0 aromatic heterocycles. The molecule has 0 aliphatic rings. The first-order valence-electron chi connectivity index (χ1n) is 7.83. The molecule has 0 unspecified atom stereocenters. The number of esters is 1. The maximum atomic E-state index is 11.2. The number of unbranched alkanes of at least 4 members (excludes halogenated alkanes) is 6. The highest BCUT2D eigenvalue weighted by molar-refractivity contribution is 5.83. The monoisotopic (exact) mass is 290 g/mol. The molecule has 0 saturated carbocycles. The number of aryl methyl sites for hydroxylation is 1. The Morgan fingerprint density at radius 1 is 1.19 bits per heavy atom. The number of phenols is 1. The molecule has 1 aromatic carbocycles. The fourth-order valence-electron chi connectivity index (χ4n) is 2.23. The molecule has 0 amide bonds. The van der Waals surface area contributed by atoms with Gasteiger partial charge < -0.3 is 9.84 Å². The first kappa shape index (κ1) is 17.3. The second kappa shape index (κ2) is 10.0. The zero-order valence-electron chi connectivity index (χ0n) is 12.9. The van der Waals surface area contributed by atoms with Crippen molar-refractivity contribution in [2.45, 2.75) is 58.3 Å². The highest BCUT2D eigenvalue weighted by atomic mass is 16.5. The summed E-state index contributed by atoms with van der Waals surface area (Å²) >= 11 is 0. The summed E-state index contributed by atoms with van der Waals surface area (Å²) in [5.41, 5.74) is 1.08. The first-order valence-corrected chi connectivity index (χ1v) is 7.83. The summed E-state index contributed by atoms with van der Waals surface area (Å²) in [4.78, 5) is 11.2. The van der Waals surface area contributed by atoms with E-state index >= 15 is 0 Å². The lowest BCUT2D eigenvalue weighted by atomic mass is 10.0. The van der Waals surface area contributed by atoms with Gasteiger partial charge in [-0.3, -0.25) is 0 Å². The summed E-state index contributed by atoms with van der Waals surface area (Å²) < 4.78 is 5.00. The van der Waals surface area contributed by atoms with Gasteiger partial charge in [0.2, 0.25) is 0 Å². The normalized spacial score (nSPS) is 10.3. The quantitative estimate of drug-likeness (QED) is 0.292. The number of hydrogen-bond acceptors (Lipinski definition) is 3. The summed E-state index contributed by atoms with van der Waals surface area (Å²) in [6.45, 7) is 5.57. The predicted molar refractivity (Wildman–Crippen MR) is 85.6 cm³/mol. The van der Waals surface area contributed by atoms with E-state index in [1.54, 1.807) is 12.1 Å². The smallest absolute Gasteiger partial charge is 0.335 e. The number of aromatic hydroxyl groups is 1. The van der Waals surface area contributed by atoms with Crippen molar-refractivity contribution in [3.8, 4) is 11.5 Å². The van der Waals surface area contributed by atoms with Crippen LogP contribution in [0.2, 0.25) is 0 Å². The van der Waals surface area contributed by atoms with Crippen molar-refractivity contribution in [2.75, 3.05) is 0 Å². The van der Waals surface area contributed by atoms with E-state index in [0.717, 1.165) is 24.5 Å². The van der Waals surface area contributed by atoms with Crippen molar-refractivity contribution in [3.05, 3.63) is 36.4 Å². The van der Waals surface area contributed by atoms with E-state index in [4.69, 9.17) is 4.74 Å². The van der Waals surface area contributed by atoms with Crippen molar-refractivity contribution >= 4 is 5.97 Å². The Kier molecular flexibility index (Phi) is 8.25. The van der Waals surface area contributed by atoms with E-state index in [0.29, 0.717) is 0 Å². The molecule has 0 bridgehead atoms. The molecule has 0 heterocycles. The van der Waals surface area contributed by atoms with Gasteiger partial charge in [0, 0.05) is 6.08 Å². The van der Waals surface area contributed by atoms with Crippen LogP contribution in [0, 0.1) is 0 Å². The van der Waals surface area contributed by atoms with Gasteiger partial charge in [-0.15, -0.1) is 0 Å². The van der Waals surface area contributed by atoms with Gasteiger partial charge in [-0.25, -0.2) is 4.79 Å². The van der Waals surface area contributed by atoms with Gasteiger partial charge in [0.15, 0.2) is 11.5 Å². The second-order valence-electron chi connectivity index (χ2n) is 5.30.